The molecule has 3 aliphatic heterocycles. The van der Waals surface area contributed by atoms with Crippen LogP contribution in [0, 0.1) is 23.7 Å². The maximum absolute atomic E-state index is 12.3. The van der Waals surface area contributed by atoms with Gasteiger partial charge in [-0.15, -0.1) is 0 Å². The molecule has 8 atom stereocenters. The Morgan fingerprint density at radius 2 is 1.97 bits per heavy atom. The van der Waals surface area contributed by atoms with Gasteiger partial charge in [0.2, 0.25) is 11.8 Å². The van der Waals surface area contributed by atoms with E-state index in [0.717, 1.165) is 51.7 Å². The normalized spacial score (nSPS) is 39.8. The highest BCUT2D eigenvalue weighted by atomic mass is 16.7. The van der Waals surface area contributed by atoms with Crippen molar-refractivity contribution in [2.24, 2.45) is 23.7 Å². The third kappa shape index (κ3) is 5.91. The summed E-state index contributed by atoms with van der Waals surface area (Å²) in [6.07, 6.45) is 11.7. The Morgan fingerprint density at radius 1 is 1.06 bits per heavy atom. The number of hydroxylamine groups is 1. The number of rotatable bonds is 9. The molecule has 10 heteroatoms. The van der Waals surface area contributed by atoms with Crippen LogP contribution in [0.1, 0.15) is 70.6 Å². The smallest absolute Gasteiger partial charge is 0.237 e. The minimum Gasteiger partial charge on any atom is -0.378 e. The fraction of sp³-hybridized carbons (Fsp3) is 0.917. The van der Waals surface area contributed by atoms with Gasteiger partial charge >= 0.3 is 0 Å². The third-order valence-electron chi connectivity index (χ3n) is 8.56. The van der Waals surface area contributed by atoms with Gasteiger partial charge in [-0.3, -0.25) is 25.2 Å². The number of hydrogen-bond donors (Lipinski definition) is 6. The Bertz CT molecular complexity index is 711. The molecule has 192 valence electrons. The van der Waals surface area contributed by atoms with Crippen LogP contribution >= 0.6 is 0 Å². The standard InChI is InChI=1S/C24H42N6O4/c31-20(25-11-3-12-26-23-17-4-1-2-5-18(17)24(32)29-28-23)8-9-21-27-22(30-34-21)16-6-7-19-15(14-16)10-13-33-19/h15-19,21-23,26-28,30H,1-14H2,(H,25,31)(H,29,32). The lowest BCUT2D eigenvalue weighted by molar-refractivity contribution is -0.134. The molecule has 0 bridgehead atoms. The molecule has 3 heterocycles. The second kappa shape index (κ2) is 11.6. The fourth-order valence-corrected chi connectivity index (χ4v) is 6.63. The molecule has 5 fully saturated rings. The van der Waals surface area contributed by atoms with Crippen LogP contribution in [0.3, 0.4) is 0 Å². The first-order valence-electron chi connectivity index (χ1n) is 13.5. The Morgan fingerprint density at radius 3 is 2.91 bits per heavy atom. The van der Waals surface area contributed by atoms with Crippen LogP contribution in [0.25, 0.3) is 0 Å². The summed E-state index contributed by atoms with van der Waals surface area (Å²) in [7, 11) is 0. The lowest BCUT2D eigenvalue weighted by Crippen LogP contribution is -2.64. The van der Waals surface area contributed by atoms with Crippen molar-refractivity contribution in [3.05, 3.63) is 0 Å². The molecular formula is C24H42N6O4. The summed E-state index contributed by atoms with van der Waals surface area (Å²) in [6, 6.07) is 0. The summed E-state index contributed by atoms with van der Waals surface area (Å²) in [5.74, 6) is 1.93. The van der Waals surface area contributed by atoms with E-state index in [-0.39, 0.29) is 36.3 Å². The molecule has 0 aromatic heterocycles. The number of hydrazine groups is 1. The van der Waals surface area contributed by atoms with E-state index in [1.54, 1.807) is 0 Å². The second-order valence-corrected chi connectivity index (χ2v) is 10.8. The van der Waals surface area contributed by atoms with Gasteiger partial charge in [0, 0.05) is 31.4 Å². The monoisotopic (exact) mass is 478 g/mol. The first-order valence-corrected chi connectivity index (χ1v) is 13.5. The molecule has 5 aliphatic rings. The van der Waals surface area contributed by atoms with E-state index >= 15 is 0 Å². The molecule has 0 spiro atoms. The molecule has 5 rings (SSSR count). The van der Waals surface area contributed by atoms with Gasteiger partial charge in [-0.1, -0.05) is 12.8 Å². The predicted octanol–water partition coefficient (Wildman–Crippen LogP) is 0.611. The van der Waals surface area contributed by atoms with Crippen molar-refractivity contribution < 1.29 is 19.2 Å². The van der Waals surface area contributed by atoms with Gasteiger partial charge in [0.25, 0.3) is 0 Å². The van der Waals surface area contributed by atoms with Crippen LogP contribution in [-0.2, 0) is 19.2 Å². The molecule has 0 radical (unpaired) electrons. The van der Waals surface area contributed by atoms with Gasteiger partial charge in [0.1, 0.15) is 6.23 Å². The highest BCUT2D eigenvalue weighted by Gasteiger charge is 2.41. The van der Waals surface area contributed by atoms with Crippen molar-refractivity contribution in [3.63, 3.8) is 0 Å². The number of carbonyl (C=O) groups is 2. The first kappa shape index (κ1) is 24.4. The summed E-state index contributed by atoms with van der Waals surface area (Å²) in [6.45, 7) is 2.35. The van der Waals surface area contributed by atoms with Gasteiger partial charge in [0.05, 0.1) is 18.4 Å². The zero-order valence-electron chi connectivity index (χ0n) is 20.2. The summed E-state index contributed by atoms with van der Waals surface area (Å²) >= 11 is 0. The van der Waals surface area contributed by atoms with Gasteiger partial charge in [-0.2, -0.15) is 5.48 Å². The molecular weight excluding hydrogens is 436 g/mol. The Hall–Kier alpha value is -1.30. The SMILES string of the molecule is O=C(CCC1NC(C2CCC3OCCC3C2)NO1)NCCCNC1NNC(=O)C2CCCCC12. The maximum atomic E-state index is 12.3. The van der Waals surface area contributed by atoms with Crippen LogP contribution in [0.15, 0.2) is 0 Å². The number of hydrogen-bond acceptors (Lipinski definition) is 8. The van der Waals surface area contributed by atoms with Crippen molar-refractivity contribution in [3.8, 4) is 0 Å². The van der Waals surface area contributed by atoms with Crippen LogP contribution in [-0.4, -0.2) is 56.2 Å². The summed E-state index contributed by atoms with van der Waals surface area (Å²) < 4.78 is 5.82. The van der Waals surface area contributed by atoms with Gasteiger partial charge in [0.15, 0.2) is 0 Å². The summed E-state index contributed by atoms with van der Waals surface area (Å²) in [5, 5.41) is 10.1. The minimum absolute atomic E-state index is 0.0628. The van der Waals surface area contributed by atoms with E-state index in [1.165, 1.54) is 19.3 Å². The van der Waals surface area contributed by atoms with Crippen molar-refractivity contribution in [1.29, 1.82) is 0 Å². The number of amides is 2. The largest absolute Gasteiger partial charge is 0.378 e. The third-order valence-corrected chi connectivity index (χ3v) is 8.56. The minimum atomic E-state index is -0.119. The van der Waals surface area contributed by atoms with Crippen LogP contribution in [0.2, 0.25) is 0 Å². The zero-order chi connectivity index (χ0) is 23.3. The lowest BCUT2D eigenvalue weighted by atomic mass is 9.76. The molecule has 2 saturated carbocycles. The Labute approximate surface area is 202 Å². The first-order chi connectivity index (χ1) is 16.7. The highest BCUT2D eigenvalue weighted by molar-refractivity contribution is 5.79. The predicted molar refractivity (Wildman–Crippen MR) is 125 cm³/mol. The summed E-state index contributed by atoms with van der Waals surface area (Å²) in [5.41, 5.74) is 9.11. The Balaban J connectivity index is 0.925. The summed E-state index contributed by atoms with van der Waals surface area (Å²) in [4.78, 5) is 30.1. The van der Waals surface area contributed by atoms with E-state index < -0.39 is 0 Å². The van der Waals surface area contributed by atoms with E-state index in [9.17, 15) is 9.59 Å². The number of fused-ring (bicyclic) bond motifs is 2. The van der Waals surface area contributed by atoms with E-state index in [2.05, 4.69) is 32.3 Å². The van der Waals surface area contributed by atoms with E-state index in [1.807, 2.05) is 0 Å². The molecule has 2 aliphatic carbocycles. The molecule has 2 amide bonds. The molecule has 8 unspecified atom stereocenters. The molecule has 34 heavy (non-hydrogen) atoms. The van der Waals surface area contributed by atoms with Crippen molar-refractivity contribution in [2.45, 2.75) is 95.3 Å². The number of carbonyl (C=O) groups excluding carboxylic acids is 2. The molecule has 0 aromatic carbocycles. The molecule has 3 saturated heterocycles. The van der Waals surface area contributed by atoms with Crippen molar-refractivity contribution in [2.75, 3.05) is 19.7 Å². The average Bonchev–Trinajstić information content (AvgIpc) is 3.53. The van der Waals surface area contributed by atoms with Crippen LogP contribution in [0.4, 0.5) is 0 Å². The molecule has 6 N–H and O–H groups in total. The van der Waals surface area contributed by atoms with Crippen LogP contribution < -0.4 is 32.3 Å². The Kier molecular flexibility index (Phi) is 8.34. The maximum Gasteiger partial charge on any atom is 0.237 e. The lowest BCUT2D eigenvalue weighted by Gasteiger charge is -2.41. The number of nitrogens with one attached hydrogen (secondary N) is 6. The average molecular weight is 479 g/mol. The quantitative estimate of drug-likeness (QED) is 0.266. The molecule has 10 nitrogen and oxygen atoms in total. The van der Waals surface area contributed by atoms with Crippen molar-refractivity contribution >= 4 is 11.8 Å². The zero-order valence-corrected chi connectivity index (χ0v) is 20.2. The van der Waals surface area contributed by atoms with Crippen molar-refractivity contribution in [1.82, 2.24) is 32.3 Å². The topological polar surface area (TPSA) is 125 Å². The highest BCUT2D eigenvalue weighted by Crippen LogP contribution is 2.39. The van der Waals surface area contributed by atoms with E-state index in [4.69, 9.17) is 9.57 Å². The molecule has 0 aromatic rings. The second-order valence-electron chi connectivity index (χ2n) is 10.8. The van der Waals surface area contributed by atoms with Gasteiger partial charge in [-0.05, 0) is 69.7 Å². The number of ether oxygens (including phenoxy) is 1. The fourth-order valence-electron chi connectivity index (χ4n) is 6.63. The van der Waals surface area contributed by atoms with Crippen LogP contribution in [0.5, 0.6) is 0 Å². The van der Waals surface area contributed by atoms with E-state index in [0.29, 0.717) is 43.2 Å². The van der Waals surface area contributed by atoms with Gasteiger partial charge < -0.3 is 15.4 Å². The van der Waals surface area contributed by atoms with Gasteiger partial charge in [-0.25, -0.2) is 5.43 Å².